The number of rotatable bonds is 6. The number of nitrogens with one attached hydrogen (secondary N) is 1. The van der Waals surface area contributed by atoms with Crippen molar-refractivity contribution in [3.8, 4) is 6.07 Å². The molecule has 0 radical (unpaired) electrons. The third-order valence-corrected chi connectivity index (χ3v) is 4.87. The van der Waals surface area contributed by atoms with Crippen LogP contribution in [0.5, 0.6) is 0 Å². The van der Waals surface area contributed by atoms with Gasteiger partial charge < -0.3 is 4.90 Å². The van der Waals surface area contributed by atoms with E-state index >= 15 is 0 Å². The Morgan fingerprint density at radius 2 is 1.75 bits per heavy atom. The SMILES string of the molecule is CN(C(=O)c1ccc(S(=O)(=O)NCCC#N)cc1)c1ccccc1. The highest BCUT2D eigenvalue weighted by molar-refractivity contribution is 7.89. The normalized spacial score (nSPS) is 10.8. The Labute approximate surface area is 141 Å². The topological polar surface area (TPSA) is 90.3 Å². The lowest BCUT2D eigenvalue weighted by molar-refractivity contribution is 0.0993. The molecular formula is C17H17N3O3S. The Morgan fingerprint density at radius 3 is 2.33 bits per heavy atom. The summed E-state index contributed by atoms with van der Waals surface area (Å²) in [4.78, 5) is 14.0. The first-order chi connectivity index (χ1) is 11.5. The number of sulfonamides is 1. The van der Waals surface area contributed by atoms with Gasteiger partial charge in [0, 0.05) is 31.3 Å². The van der Waals surface area contributed by atoms with E-state index < -0.39 is 10.0 Å². The van der Waals surface area contributed by atoms with Crippen molar-refractivity contribution in [3.05, 3.63) is 60.2 Å². The van der Waals surface area contributed by atoms with Crippen LogP contribution >= 0.6 is 0 Å². The molecule has 2 aromatic rings. The molecule has 1 amide bonds. The minimum atomic E-state index is -3.67. The van der Waals surface area contributed by atoms with Crippen LogP contribution in [0.2, 0.25) is 0 Å². The van der Waals surface area contributed by atoms with Crippen LogP contribution in [0.1, 0.15) is 16.8 Å². The maximum Gasteiger partial charge on any atom is 0.258 e. The number of hydrogen-bond acceptors (Lipinski definition) is 4. The van der Waals surface area contributed by atoms with Gasteiger partial charge in [0.05, 0.1) is 11.0 Å². The molecule has 2 rings (SSSR count). The second kappa shape index (κ2) is 7.73. The number of carbonyl (C=O) groups is 1. The summed E-state index contributed by atoms with van der Waals surface area (Å²) in [5.74, 6) is -0.234. The second-order valence-electron chi connectivity index (χ2n) is 5.03. The van der Waals surface area contributed by atoms with E-state index in [9.17, 15) is 13.2 Å². The fourth-order valence-corrected chi connectivity index (χ4v) is 3.10. The summed E-state index contributed by atoms with van der Waals surface area (Å²) in [5.41, 5.74) is 1.13. The molecule has 0 spiro atoms. The Morgan fingerprint density at radius 1 is 1.12 bits per heavy atom. The standard InChI is InChI=1S/C17H17N3O3S/c1-20(15-6-3-2-4-7-15)17(21)14-8-10-16(11-9-14)24(22,23)19-13-5-12-18/h2-4,6-11,19H,5,13H2,1H3. The van der Waals surface area contributed by atoms with Gasteiger partial charge >= 0.3 is 0 Å². The lowest BCUT2D eigenvalue weighted by atomic mass is 10.2. The zero-order valence-corrected chi connectivity index (χ0v) is 14.0. The minimum Gasteiger partial charge on any atom is -0.311 e. The molecule has 0 aliphatic rings. The van der Waals surface area contributed by atoms with E-state index in [0.717, 1.165) is 5.69 Å². The summed E-state index contributed by atoms with van der Waals surface area (Å²) in [7, 11) is -2.01. The number of amides is 1. The summed E-state index contributed by atoms with van der Waals surface area (Å²) < 4.78 is 26.4. The monoisotopic (exact) mass is 343 g/mol. The number of para-hydroxylation sites is 1. The van der Waals surface area contributed by atoms with E-state index in [1.54, 1.807) is 7.05 Å². The number of nitrogens with zero attached hydrogens (tertiary/aromatic N) is 2. The summed E-state index contributed by atoms with van der Waals surface area (Å²) >= 11 is 0. The van der Waals surface area contributed by atoms with Crippen LogP contribution in [-0.4, -0.2) is 27.9 Å². The molecule has 6 nitrogen and oxygen atoms in total. The molecule has 124 valence electrons. The van der Waals surface area contributed by atoms with Crippen LogP contribution < -0.4 is 9.62 Å². The Kier molecular flexibility index (Phi) is 5.68. The first kappa shape index (κ1) is 17.7. The molecular weight excluding hydrogens is 326 g/mol. The van der Waals surface area contributed by atoms with Crippen LogP contribution in [0, 0.1) is 11.3 Å². The van der Waals surface area contributed by atoms with Gasteiger partial charge in [0.1, 0.15) is 0 Å². The minimum absolute atomic E-state index is 0.0518. The summed E-state index contributed by atoms with van der Waals surface area (Å²) in [6.45, 7) is 0.0518. The van der Waals surface area contributed by atoms with Crippen molar-refractivity contribution >= 4 is 21.6 Å². The number of benzene rings is 2. The van der Waals surface area contributed by atoms with Crippen LogP contribution in [0.3, 0.4) is 0 Å². The maximum atomic E-state index is 12.4. The number of nitriles is 1. The van der Waals surface area contributed by atoms with E-state index in [1.807, 2.05) is 36.4 Å². The molecule has 24 heavy (non-hydrogen) atoms. The lowest BCUT2D eigenvalue weighted by Crippen LogP contribution is -2.27. The van der Waals surface area contributed by atoms with Gasteiger partial charge in [-0.05, 0) is 36.4 Å². The van der Waals surface area contributed by atoms with Crippen molar-refractivity contribution < 1.29 is 13.2 Å². The lowest BCUT2D eigenvalue weighted by Gasteiger charge is -2.17. The van der Waals surface area contributed by atoms with Gasteiger partial charge in [-0.1, -0.05) is 18.2 Å². The molecule has 7 heteroatoms. The van der Waals surface area contributed by atoms with Gasteiger partial charge in [-0.2, -0.15) is 5.26 Å². The van der Waals surface area contributed by atoms with E-state index in [4.69, 9.17) is 5.26 Å². The Bertz CT molecular complexity index is 841. The van der Waals surface area contributed by atoms with Gasteiger partial charge in [-0.15, -0.1) is 0 Å². The van der Waals surface area contributed by atoms with Crippen molar-refractivity contribution in [1.29, 1.82) is 5.26 Å². The number of carbonyl (C=O) groups excluding carboxylic acids is 1. The summed E-state index contributed by atoms with van der Waals surface area (Å²) in [5, 5.41) is 8.45. The van der Waals surface area contributed by atoms with Gasteiger partial charge in [-0.3, -0.25) is 4.79 Å². The molecule has 0 aliphatic heterocycles. The average Bonchev–Trinajstić information content (AvgIpc) is 2.61. The Hall–Kier alpha value is -2.69. The first-order valence-corrected chi connectivity index (χ1v) is 8.74. The first-order valence-electron chi connectivity index (χ1n) is 7.25. The summed E-state index contributed by atoms with van der Waals surface area (Å²) in [6.07, 6.45) is 0.0949. The van der Waals surface area contributed by atoms with Crippen LogP contribution in [-0.2, 0) is 10.0 Å². The van der Waals surface area contributed by atoms with Gasteiger partial charge in [-0.25, -0.2) is 13.1 Å². The molecule has 0 bridgehead atoms. The fourth-order valence-electron chi connectivity index (χ4n) is 2.06. The highest BCUT2D eigenvalue weighted by Gasteiger charge is 2.16. The van der Waals surface area contributed by atoms with Crippen molar-refractivity contribution in [2.45, 2.75) is 11.3 Å². The molecule has 1 N–H and O–H groups in total. The van der Waals surface area contributed by atoms with E-state index in [1.165, 1.54) is 29.2 Å². The summed E-state index contributed by atoms with van der Waals surface area (Å²) in [6, 6.07) is 16.7. The zero-order chi connectivity index (χ0) is 17.6. The molecule has 0 saturated heterocycles. The average molecular weight is 343 g/mol. The van der Waals surface area contributed by atoms with E-state index in [0.29, 0.717) is 5.56 Å². The van der Waals surface area contributed by atoms with Crippen LogP contribution in [0.4, 0.5) is 5.69 Å². The molecule has 0 heterocycles. The Balaban J connectivity index is 2.14. The van der Waals surface area contributed by atoms with Crippen molar-refractivity contribution in [1.82, 2.24) is 4.72 Å². The van der Waals surface area contributed by atoms with Gasteiger partial charge in [0.2, 0.25) is 10.0 Å². The largest absolute Gasteiger partial charge is 0.311 e. The zero-order valence-electron chi connectivity index (χ0n) is 13.1. The van der Waals surface area contributed by atoms with Crippen molar-refractivity contribution in [3.63, 3.8) is 0 Å². The van der Waals surface area contributed by atoms with Crippen LogP contribution in [0.25, 0.3) is 0 Å². The highest BCUT2D eigenvalue weighted by Crippen LogP contribution is 2.16. The van der Waals surface area contributed by atoms with Crippen LogP contribution in [0.15, 0.2) is 59.5 Å². The maximum absolute atomic E-state index is 12.4. The highest BCUT2D eigenvalue weighted by atomic mass is 32.2. The second-order valence-corrected chi connectivity index (χ2v) is 6.80. The number of hydrogen-bond donors (Lipinski definition) is 1. The number of anilines is 1. The molecule has 0 aliphatic carbocycles. The molecule has 0 fully saturated rings. The molecule has 0 unspecified atom stereocenters. The third-order valence-electron chi connectivity index (χ3n) is 3.39. The van der Waals surface area contributed by atoms with Crippen molar-refractivity contribution in [2.75, 3.05) is 18.5 Å². The third kappa shape index (κ3) is 4.19. The fraction of sp³-hybridized carbons (Fsp3) is 0.176. The predicted octanol–water partition coefficient (Wildman–Crippen LogP) is 2.16. The smallest absolute Gasteiger partial charge is 0.258 e. The van der Waals surface area contributed by atoms with Gasteiger partial charge in [0.15, 0.2) is 0 Å². The van der Waals surface area contributed by atoms with Crippen molar-refractivity contribution in [2.24, 2.45) is 0 Å². The molecule has 0 atom stereocenters. The van der Waals surface area contributed by atoms with Gasteiger partial charge in [0.25, 0.3) is 5.91 Å². The van der Waals surface area contributed by atoms with E-state index in [-0.39, 0.29) is 23.8 Å². The predicted molar refractivity (Wildman–Crippen MR) is 91.0 cm³/mol. The molecule has 0 aromatic heterocycles. The molecule has 0 saturated carbocycles. The quantitative estimate of drug-likeness (QED) is 0.814. The molecule has 2 aromatic carbocycles. The van der Waals surface area contributed by atoms with E-state index in [2.05, 4.69) is 4.72 Å².